The van der Waals surface area contributed by atoms with Gasteiger partial charge in [0.15, 0.2) is 0 Å². The maximum Gasteiger partial charge on any atom is 0.0605 e. The van der Waals surface area contributed by atoms with Gasteiger partial charge < -0.3 is 4.57 Å². The third-order valence-corrected chi connectivity index (χ3v) is 3.74. The number of aromatic nitrogens is 2. The van der Waals surface area contributed by atoms with Crippen LogP contribution in [0, 0.1) is 13.0 Å². The van der Waals surface area contributed by atoms with E-state index >= 15 is 0 Å². The van der Waals surface area contributed by atoms with E-state index in [4.69, 9.17) is 4.98 Å². The first-order valence-corrected chi connectivity index (χ1v) is 7.59. The van der Waals surface area contributed by atoms with E-state index in [2.05, 4.69) is 74.7 Å². The summed E-state index contributed by atoms with van der Waals surface area (Å²) in [4.78, 5) is 4.70. The fourth-order valence-corrected chi connectivity index (χ4v) is 2.62. The Labute approximate surface area is 151 Å². The summed E-state index contributed by atoms with van der Waals surface area (Å²) in [6.45, 7) is 8.74. The van der Waals surface area contributed by atoms with Crippen LogP contribution in [0.4, 0.5) is 0 Å². The van der Waals surface area contributed by atoms with Crippen LogP contribution in [0.5, 0.6) is 0 Å². The van der Waals surface area contributed by atoms with Crippen LogP contribution in [-0.2, 0) is 25.5 Å². The summed E-state index contributed by atoms with van der Waals surface area (Å²) in [7, 11) is 0. The molecule has 2 aromatic carbocycles. The summed E-state index contributed by atoms with van der Waals surface area (Å²) < 4.78 is 2.24. The second-order valence-corrected chi connectivity index (χ2v) is 6.67. The van der Waals surface area contributed by atoms with E-state index in [1.54, 1.807) is 0 Å². The molecule has 0 aliphatic heterocycles. The monoisotopic (exact) mass is 482 g/mol. The van der Waals surface area contributed by atoms with E-state index in [0.717, 1.165) is 17.1 Å². The number of aryl methyl sites for hydroxylation is 1. The summed E-state index contributed by atoms with van der Waals surface area (Å²) >= 11 is 0. The molecule has 1 aromatic heterocycles. The fraction of sp³-hybridized carbons (Fsp3) is 0.250. The van der Waals surface area contributed by atoms with Crippen molar-refractivity contribution >= 4 is 0 Å². The molecule has 3 aromatic rings. The first-order chi connectivity index (χ1) is 10.5. The van der Waals surface area contributed by atoms with Gasteiger partial charge >= 0.3 is 0 Å². The molecular weight excluding hydrogens is 460 g/mol. The zero-order chi connectivity index (χ0) is 15.7. The number of para-hydroxylation sites is 1. The van der Waals surface area contributed by atoms with E-state index in [0.29, 0.717) is 0 Å². The molecule has 0 atom stereocenters. The van der Waals surface area contributed by atoms with Crippen molar-refractivity contribution in [3.63, 3.8) is 0 Å². The Balaban J connectivity index is 0.00000192. The van der Waals surface area contributed by atoms with Gasteiger partial charge in [0.2, 0.25) is 0 Å². The quantitative estimate of drug-likeness (QED) is 0.474. The zero-order valence-corrected chi connectivity index (χ0v) is 16.3. The molecule has 0 fully saturated rings. The third kappa shape index (κ3) is 3.63. The first kappa shape index (κ1) is 17.7. The number of benzene rings is 2. The molecule has 23 heavy (non-hydrogen) atoms. The number of imidazole rings is 1. The smallest absolute Gasteiger partial charge is 0.0605 e. The van der Waals surface area contributed by atoms with Crippen LogP contribution in [0.15, 0.2) is 54.7 Å². The molecule has 1 heterocycles. The van der Waals surface area contributed by atoms with E-state index in [9.17, 15) is 0 Å². The largest absolute Gasteiger partial charge is 0.337 e. The van der Waals surface area contributed by atoms with Crippen molar-refractivity contribution in [3.05, 3.63) is 72.1 Å². The molecule has 3 rings (SSSR count). The fourth-order valence-electron chi connectivity index (χ4n) is 2.62. The molecule has 0 saturated carbocycles. The first-order valence-electron chi connectivity index (χ1n) is 7.59. The summed E-state index contributed by atoms with van der Waals surface area (Å²) in [5.74, 6) is 0.944. The molecule has 0 N–H and O–H groups in total. The molecule has 2 nitrogen and oxygen atoms in total. The van der Waals surface area contributed by atoms with E-state index in [1.807, 2.05) is 18.3 Å². The topological polar surface area (TPSA) is 17.8 Å². The van der Waals surface area contributed by atoms with Crippen molar-refractivity contribution in [1.29, 1.82) is 0 Å². The molecule has 0 saturated heterocycles. The molecule has 121 valence electrons. The minimum absolute atomic E-state index is 0. The van der Waals surface area contributed by atoms with Gasteiger partial charge in [-0.25, -0.2) is 0 Å². The van der Waals surface area contributed by atoms with Crippen molar-refractivity contribution in [1.82, 2.24) is 9.55 Å². The van der Waals surface area contributed by atoms with Crippen LogP contribution in [0.3, 0.4) is 0 Å². The van der Waals surface area contributed by atoms with Gasteiger partial charge in [-0.15, -0.1) is 35.4 Å². The van der Waals surface area contributed by atoms with Crippen LogP contribution in [-0.4, -0.2) is 9.55 Å². The van der Waals surface area contributed by atoms with Gasteiger partial charge in [-0.3, -0.25) is 4.98 Å². The Hall–Kier alpha value is -1.70. The number of hydrogen-bond donors (Lipinski definition) is 0. The van der Waals surface area contributed by atoms with Crippen molar-refractivity contribution in [2.75, 3.05) is 0 Å². The maximum atomic E-state index is 4.70. The maximum absolute atomic E-state index is 4.70. The Morgan fingerprint density at radius 1 is 1.04 bits per heavy atom. The molecule has 0 amide bonds. The van der Waals surface area contributed by atoms with Gasteiger partial charge in [0.05, 0.1) is 5.82 Å². The molecule has 3 heteroatoms. The van der Waals surface area contributed by atoms with Crippen molar-refractivity contribution in [2.24, 2.45) is 0 Å². The molecule has 0 aliphatic rings. The molecule has 0 bridgehead atoms. The van der Waals surface area contributed by atoms with Gasteiger partial charge in [0, 0.05) is 43.1 Å². The average Bonchev–Trinajstić information content (AvgIpc) is 2.93. The predicted molar refractivity (Wildman–Crippen MR) is 91.3 cm³/mol. The Bertz CT molecular complexity index is 783. The third-order valence-electron chi connectivity index (χ3n) is 3.74. The van der Waals surface area contributed by atoms with Gasteiger partial charge in [0.1, 0.15) is 0 Å². The number of hydrogen-bond acceptors (Lipinski definition) is 1. The minimum Gasteiger partial charge on any atom is -0.337 e. The molecule has 0 unspecified atom stereocenters. The molecule has 0 spiro atoms. The second kappa shape index (κ2) is 6.82. The van der Waals surface area contributed by atoms with E-state index in [1.165, 1.54) is 11.3 Å². The molecular formula is C20H21IrN2-. The number of nitrogens with zero attached hydrogens (tertiary/aromatic N) is 2. The standard InChI is InChI=1S/C20H21N2.Ir/c1-15-9-8-10-16(13-15)19-21-14-18(20(2,3)4)22(19)17-11-6-5-7-12-17;/h5-9,11-14H,1-4H3;/q-1;. The SMILES string of the molecule is Cc1cc[c-]c(-c2ncc(C(C)(C)C)n2-c2ccccc2)c1.[Ir]. The summed E-state index contributed by atoms with van der Waals surface area (Å²) in [6.07, 6.45) is 1.98. The summed E-state index contributed by atoms with van der Waals surface area (Å²) in [6, 6.07) is 19.9. The average molecular weight is 482 g/mol. The van der Waals surface area contributed by atoms with Gasteiger partial charge in [-0.1, -0.05) is 45.9 Å². The van der Waals surface area contributed by atoms with Crippen molar-refractivity contribution < 1.29 is 20.1 Å². The Kier molecular flexibility index (Phi) is 5.23. The normalized spacial score (nSPS) is 11.1. The van der Waals surface area contributed by atoms with Gasteiger partial charge in [0.25, 0.3) is 0 Å². The summed E-state index contributed by atoms with van der Waals surface area (Å²) in [5, 5.41) is 0. The Morgan fingerprint density at radius 3 is 2.35 bits per heavy atom. The number of rotatable bonds is 2. The van der Waals surface area contributed by atoms with E-state index in [-0.39, 0.29) is 25.5 Å². The zero-order valence-electron chi connectivity index (χ0n) is 13.9. The van der Waals surface area contributed by atoms with Crippen molar-refractivity contribution in [2.45, 2.75) is 33.1 Å². The predicted octanol–water partition coefficient (Wildman–Crippen LogP) is 4.94. The van der Waals surface area contributed by atoms with Gasteiger partial charge in [-0.05, 0) is 12.1 Å². The molecule has 0 aliphatic carbocycles. The van der Waals surface area contributed by atoms with Gasteiger partial charge in [-0.2, -0.15) is 0 Å². The Morgan fingerprint density at radius 2 is 1.74 bits per heavy atom. The van der Waals surface area contributed by atoms with Crippen LogP contribution < -0.4 is 0 Å². The van der Waals surface area contributed by atoms with Crippen LogP contribution >= 0.6 is 0 Å². The van der Waals surface area contributed by atoms with E-state index < -0.39 is 0 Å². The van der Waals surface area contributed by atoms with Crippen LogP contribution in [0.25, 0.3) is 17.1 Å². The molecule has 1 radical (unpaired) electrons. The minimum atomic E-state index is 0. The van der Waals surface area contributed by atoms with Crippen LogP contribution in [0.2, 0.25) is 0 Å². The van der Waals surface area contributed by atoms with Crippen molar-refractivity contribution in [3.8, 4) is 17.1 Å². The van der Waals surface area contributed by atoms with Crippen LogP contribution in [0.1, 0.15) is 32.0 Å². The summed E-state index contributed by atoms with van der Waals surface area (Å²) in [5.41, 5.74) is 4.59. The second-order valence-electron chi connectivity index (χ2n) is 6.67.